The van der Waals surface area contributed by atoms with Crippen LogP contribution in [0.3, 0.4) is 0 Å². The van der Waals surface area contributed by atoms with Crippen LogP contribution in [-0.2, 0) is 0 Å². The van der Waals surface area contributed by atoms with Crippen molar-refractivity contribution in [2.75, 3.05) is 0 Å². The molecule has 1 aromatic rings. The van der Waals surface area contributed by atoms with Gasteiger partial charge in [0.1, 0.15) is 0 Å². The van der Waals surface area contributed by atoms with Gasteiger partial charge < -0.3 is 5.41 Å². The van der Waals surface area contributed by atoms with Crippen LogP contribution < -0.4 is 0 Å². The summed E-state index contributed by atoms with van der Waals surface area (Å²) in [6.07, 6.45) is 9.37. The molecule has 0 aliphatic heterocycles. The summed E-state index contributed by atoms with van der Waals surface area (Å²) in [7, 11) is 0. The zero-order valence-electron chi connectivity index (χ0n) is 11.1. The number of nitrogens with one attached hydrogen (secondary N) is 1. The number of rotatable bonds is 4. The number of hydrogen-bond acceptors (Lipinski definition) is 1. The molecule has 0 heterocycles. The Hall–Kier alpha value is -0.820. The van der Waals surface area contributed by atoms with Crippen LogP contribution in [0.5, 0.6) is 0 Å². The Morgan fingerprint density at radius 3 is 2.61 bits per heavy atom. The van der Waals surface area contributed by atoms with Gasteiger partial charge in [-0.15, -0.1) is 0 Å². The fourth-order valence-corrected chi connectivity index (χ4v) is 3.29. The van der Waals surface area contributed by atoms with E-state index in [4.69, 9.17) is 17.0 Å². The third-order valence-corrected chi connectivity index (χ3v) is 4.53. The van der Waals surface area contributed by atoms with E-state index in [1.807, 2.05) is 6.07 Å². The first-order valence-electron chi connectivity index (χ1n) is 7.04. The molecular formula is C16H22ClN. The van der Waals surface area contributed by atoms with Crippen LogP contribution in [0, 0.1) is 11.3 Å². The summed E-state index contributed by atoms with van der Waals surface area (Å²) in [6, 6.07) is 6.18. The van der Waals surface area contributed by atoms with Gasteiger partial charge in [-0.1, -0.05) is 37.4 Å². The van der Waals surface area contributed by atoms with Crippen molar-refractivity contribution >= 4 is 17.8 Å². The van der Waals surface area contributed by atoms with Gasteiger partial charge in [0.25, 0.3) is 0 Å². The van der Waals surface area contributed by atoms with Gasteiger partial charge in [0.2, 0.25) is 0 Å². The molecule has 18 heavy (non-hydrogen) atoms. The SMILES string of the molecule is CCCC1CCC(c2ccc(Cl)c(C=N)c2)CC1. The number of benzene rings is 1. The van der Waals surface area contributed by atoms with E-state index in [9.17, 15) is 0 Å². The first kappa shape index (κ1) is 13.6. The highest BCUT2D eigenvalue weighted by molar-refractivity contribution is 6.33. The smallest absolute Gasteiger partial charge is 0.0493 e. The predicted octanol–water partition coefficient (Wildman–Crippen LogP) is 5.41. The summed E-state index contributed by atoms with van der Waals surface area (Å²) < 4.78 is 0. The zero-order chi connectivity index (χ0) is 13.0. The van der Waals surface area contributed by atoms with Crippen molar-refractivity contribution in [1.82, 2.24) is 0 Å². The molecular weight excluding hydrogens is 242 g/mol. The number of hydrogen-bond donors (Lipinski definition) is 1. The maximum Gasteiger partial charge on any atom is 0.0493 e. The molecule has 2 rings (SSSR count). The van der Waals surface area contributed by atoms with Crippen molar-refractivity contribution in [3.8, 4) is 0 Å². The predicted molar refractivity (Wildman–Crippen MR) is 78.9 cm³/mol. The zero-order valence-corrected chi connectivity index (χ0v) is 11.8. The lowest BCUT2D eigenvalue weighted by Crippen LogP contribution is -2.13. The minimum atomic E-state index is 0.675. The molecule has 0 atom stereocenters. The van der Waals surface area contributed by atoms with E-state index in [0.717, 1.165) is 11.5 Å². The standard InChI is InChI=1S/C16H22ClN/c1-2-3-12-4-6-13(7-5-12)14-8-9-16(17)15(10-14)11-18/h8-13,18H,2-7H2,1H3. The van der Waals surface area contributed by atoms with Gasteiger partial charge in [-0.3, -0.25) is 0 Å². The second kappa shape index (κ2) is 6.38. The van der Waals surface area contributed by atoms with Crippen LogP contribution in [0.2, 0.25) is 5.02 Å². The van der Waals surface area contributed by atoms with Crippen molar-refractivity contribution in [2.45, 2.75) is 51.4 Å². The average molecular weight is 264 g/mol. The maximum atomic E-state index is 7.37. The molecule has 0 unspecified atom stereocenters. The molecule has 2 heteroatoms. The van der Waals surface area contributed by atoms with E-state index in [1.54, 1.807) is 0 Å². The molecule has 0 amide bonds. The van der Waals surface area contributed by atoms with Crippen LogP contribution in [-0.4, -0.2) is 6.21 Å². The van der Waals surface area contributed by atoms with Crippen molar-refractivity contribution in [3.63, 3.8) is 0 Å². The van der Waals surface area contributed by atoms with E-state index < -0.39 is 0 Å². The molecule has 1 nitrogen and oxygen atoms in total. The summed E-state index contributed by atoms with van der Waals surface area (Å²) in [5.74, 6) is 1.62. The third-order valence-electron chi connectivity index (χ3n) is 4.19. The Kier molecular flexibility index (Phi) is 4.82. The average Bonchev–Trinajstić information content (AvgIpc) is 2.41. The molecule has 0 spiro atoms. The van der Waals surface area contributed by atoms with Gasteiger partial charge in [-0.2, -0.15) is 0 Å². The van der Waals surface area contributed by atoms with Gasteiger partial charge in [0.15, 0.2) is 0 Å². The quantitative estimate of drug-likeness (QED) is 0.702. The minimum absolute atomic E-state index is 0.675. The molecule has 0 bridgehead atoms. The summed E-state index contributed by atoms with van der Waals surface area (Å²) in [5.41, 5.74) is 2.22. The molecule has 1 aromatic carbocycles. The third kappa shape index (κ3) is 3.14. The fourth-order valence-electron chi connectivity index (χ4n) is 3.12. The van der Waals surface area contributed by atoms with E-state index in [2.05, 4.69) is 19.1 Å². The topological polar surface area (TPSA) is 23.9 Å². The highest BCUT2D eigenvalue weighted by Gasteiger charge is 2.22. The van der Waals surface area contributed by atoms with Gasteiger partial charge in [0.05, 0.1) is 0 Å². The summed E-state index contributed by atoms with van der Waals surface area (Å²) in [5, 5.41) is 8.06. The van der Waals surface area contributed by atoms with Gasteiger partial charge in [-0.05, 0) is 55.2 Å². The molecule has 0 aromatic heterocycles. The van der Waals surface area contributed by atoms with Crippen LogP contribution in [0.15, 0.2) is 18.2 Å². The lowest BCUT2D eigenvalue weighted by atomic mass is 9.77. The van der Waals surface area contributed by atoms with Gasteiger partial charge in [-0.25, -0.2) is 0 Å². The van der Waals surface area contributed by atoms with Crippen LogP contribution >= 0.6 is 11.6 Å². The first-order valence-corrected chi connectivity index (χ1v) is 7.42. The van der Waals surface area contributed by atoms with Crippen LogP contribution in [0.25, 0.3) is 0 Å². The largest absolute Gasteiger partial charge is 0.308 e. The number of halogens is 1. The first-order chi connectivity index (χ1) is 8.74. The molecule has 1 saturated carbocycles. The van der Waals surface area contributed by atoms with Crippen molar-refractivity contribution < 1.29 is 0 Å². The minimum Gasteiger partial charge on any atom is -0.308 e. The summed E-state index contributed by atoms with van der Waals surface area (Å²) in [6.45, 7) is 2.28. The Morgan fingerprint density at radius 1 is 1.28 bits per heavy atom. The van der Waals surface area contributed by atoms with Crippen molar-refractivity contribution in [1.29, 1.82) is 5.41 Å². The van der Waals surface area contributed by atoms with Crippen LogP contribution in [0.4, 0.5) is 0 Å². The molecule has 1 aliphatic rings. The van der Waals surface area contributed by atoms with E-state index >= 15 is 0 Å². The molecule has 0 saturated heterocycles. The fraction of sp³-hybridized carbons (Fsp3) is 0.562. The maximum absolute atomic E-state index is 7.37. The van der Waals surface area contributed by atoms with Gasteiger partial charge >= 0.3 is 0 Å². The van der Waals surface area contributed by atoms with Crippen molar-refractivity contribution in [2.24, 2.45) is 5.92 Å². The monoisotopic (exact) mass is 263 g/mol. The van der Waals surface area contributed by atoms with Crippen molar-refractivity contribution in [3.05, 3.63) is 34.3 Å². The molecule has 1 aliphatic carbocycles. The second-order valence-corrected chi connectivity index (χ2v) is 5.84. The van der Waals surface area contributed by atoms with Crippen LogP contribution in [0.1, 0.15) is 62.5 Å². The molecule has 98 valence electrons. The lowest BCUT2D eigenvalue weighted by Gasteiger charge is -2.28. The second-order valence-electron chi connectivity index (χ2n) is 5.43. The molecule has 1 fully saturated rings. The normalized spacial score (nSPS) is 23.9. The van der Waals surface area contributed by atoms with E-state index in [1.165, 1.54) is 50.3 Å². The molecule has 0 radical (unpaired) electrons. The Labute approximate surface area is 115 Å². The van der Waals surface area contributed by atoms with Gasteiger partial charge in [0, 0.05) is 16.8 Å². The summed E-state index contributed by atoms with van der Waals surface area (Å²) in [4.78, 5) is 0. The Balaban J connectivity index is 2.03. The Bertz CT molecular complexity index is 406. The highest BCUT2D eigenvalue weighted by Crippen LogP contribution is 2.38. The highest BCUT2D eigenvalue weighted by atomic mass is 35.5. The van der Waals surface area contributed by atoms with E-state index in [-0.39, 0.29) is 0 Å². The molecule has 1 N–H and O–H groups in total. The lowest BCUT2D eigenvalue weighted by molar-refractivity contribution is 0.308. The Morgan fingerprint density at radius 2 is 2.00 bits per heavy atom. The summed E-state index contributed by atoms with van der Waals surface area (Å²) >= 11 is 6.05. The van der Waals surface area contributed by atoms with E-state index in [0.29, 0.717) is 10.9 Å².